The van der Waals surface area contributed by atoms with E-state index in [0.29, 0.717) is 5.88 Å². The molecular formula is C8H10BrNO2. The summed E-state index contributed by atoms with van der Waals surface area (Å²) in [4.78, 5) is 4.02. The van der Waals surface area contributed by atoms with E-state index in [4.69, 9.17) is 9.47 Å². The van der Waals surface area contributed by atoms with Gasteiger partial charge < -0.3 is 9.47 Å². The Morgan fingerprint density at radius 2 is 2.25 bits per heavy atom. The molecule has 0 saturated carbocycles. The molecule has 3 nitrogen and oxygen atoms in total. The molecule has 1 atom stereocenters. The Labute approximate surface area is 79.8 Å². The van der Waals surface area contributed by atoms with Gasteiger partial charge in [-0.05, 0) is 28.9 Å². The van der Waals surface area contributed by atoms with Gasteiger partial charge in [-0.1, -0.05) is 0 Å². The maximum absolute atomic E-state index is 5.26. The average Bonchev–Trinajstić information content (AvgIpc) is 2.09. The van der Waals surface area contributed by atoms with E-state index < -0.39 is 0 Å². The summed E-state index contributed by atoms with van der Waals surface area (Å²) in [6.45, 7) is 1.81. The van der Waals surface area contributed by atoms with Crippen LogP contribution in [0.5, 0.6) is 5.88 Å². The molecule has 66 valence electrons. The Bertz CT molecular complexity index is 237. The maximum atomic E-state index is 5.26. The van der Waals surface area contributed by atoms with Crippen LogP contribution in [0, 0.1) is 0 Å². The van der Waals surface area contributed by atoms with Crippen LogP contribution in [0.1, 0.15) is 6.92 Å². The molecule has 0 radical (unpaired) electrons. The van der Waals surface area contributed by atoms with Gasteiger partial charge in [0.05, 0.1) is 0 Å². The number of pyridine rings is 1. The highest BCUT2D eigenvalue weighted by Crippen LogP contribution is 2.13. The van der Waals surface area contributed by atoms with E-state index in [1.165, 1.54) is 0 Å². The third-order valence-corrected chi connectivity index (χ3v) is 1.79. The highest BCUT2D eigenvalue weighted by atomic mass is 79.9. The first-order valence-electron chi connectivity index (χ1n) is 3.53. The summed E-state index contributed by atoms with van der Waals surface area (Å²) in [7, 11) is 1.59. The van der Waals surface area contributed by atoms with E-state index in [9.17, 15) is 0 Å². The first-order chi connectivity index (χ1) is 5.72. The van der Waals surface area contributed by atoms with Crippen molar-refractivity contribution in [1.82, 2.24) is 4.98 Å². The lowest BCUT2D eigenvalue weighted by Crippen LogP contribution is -2.14. The van der Waals surface area contributed by atoms with Crippen molar-refractivity contribution in [3.63, 3.8) is 0 Å². The molecule has 1 unspecified atom stereocenters. The van der Waals surface area contributed by atoms with Gasteiger partial charge >= 0.3 is 0 Å². The quantitative estimate of drug-likeness (QED) is 0.748. The zero-order valence-corrected chi connectivity index (χ0v) is 8.54. The Kier molecular flexibility index (Phi) is 3.49. The van der Waals surface area contributed by atoms with Gasteiger partial charge in [-0.3, -0.25) is 0 Å². The minimum Gasteiger partial charge on any atom is -0.448 e. The normalized spacial score (nSPS) is 12.6. The van der Waals surface area contributed by atoms with Gasteiger partial charge in [-0.2, -0.15) is 0 Å². The number of halogens is 1. The lowest BCUT2D eigenvalue weighted by Gasteiger charge is -2.10. The zero-order chi connectivity index (χ0) is 8.97. The molecule has 0 aliphatic heterocycles. The number of hydrogen-bond acceptors (Lipinski definition) is 3. The van der Waals surface area contributed by atoms with Crippen LogP contribution in [0.25, 0.3) is 0 Å². The lowest BCUT2D eigenvalue weighted by atomic mass is 10.5. The lowest BCUT2D eigenvalue weighted by molar-refractivity contribution is -0.0409. The summed E-state index contributed by atoms with van der Waals surface area (Å²) in [5.74, 6) is 0.563. The third kappa shape index (κ3) is 2.79. The van der Waals surface area contributed by atoms with Crippen molar-refractivity contribution < 1.29 is 9.47 Å². The zero-order valence-electron chi connectivity index (χ0n) is 6.95. The summed E-state index contributed by atoms with van der Waals surface area (Å²) in [6.07, 6.45) is 1.41. The van der Waals surface area contributed by atoms with Gasteiger partial charge in [0.25, 0.3) is 0 Å². The summed E-state index contributed by atoms with van der Waals surface area (Å²) < 4.78 is 11.1. The largest absolute Gasteiger partial charge is 0.448 e. The number of ether oxygens (including phenoxy) is 2. The van der Waals surface area contributed by atoms with Crippen molar-refractivity contribution in [3.05, 3.63) is 22.8 Å². The van der Waals surface area contributed by atoms with Crippen molar-refractivity contribution in [2.75, 3.05) is 7.11 Å². The fourth-order valence-electron chi connectivity index (χ4n) is 0.650. The smallest absolute Gasteiger partial charge is 0.215 e. The minimum absolute atomic E-state index is 0.265. The second kappa shape index (κ2) is 4.42. The standard InChI is InChI=1S/C8H10BrNO2/c1-6(11-2)12-8-4-3-7(9)5-10-8/h3-6H,1-2H3. The Hall–Kier alpha value is -0.610. The Balaban J connectivity index is 2.58. The van der Waals surface area contributed by atoms with Crippen LogP contribution < -0.4 is 4.74 Å². The van der Waals surface area contributed by atoms with Crippen LogP contribution in [0.4, 0.5) is 0 Å². The molecule has 0 aliphatic carbocycles. The molecule has 0 aliphatic rings. The van der Waals surface area contributed by atoms with E-state index in [1.54, 1.807) is 19.4 Å². The molecule has 0 fully saturated rings. The molecule has 0 bridgehead atoms. The molecule has 0 saturated heterocycles. The van der Waals surface area contributed by atoms with Gasteiger partial charge in [0, 0.05) is 23.8 Å². The number of rotatable bonds is 3. The second-order valence-electron chi connectivity index (χ2n) is 2.24. The van der Waals surface area contributed by atoms with Crippen LogP contribution in [-0.4, -0.2) is 18.4 Å². The molecule has 0 spiro atoms. The fourth-order valence-corrected chi connectivity index (χ4v) is 0.885. The molecule has 0 aromatic carbocycles. The van der Waals surface area contributed by atoms with Gasteiger partial charge in [0.1, 0.15) is 0 Å². The molecule has 12 heavy (non-hydrogen) atoms. The van der Waals surface area contributed by atoms with Crippen LogP contribution in [0.2, 0.25) is 0 Å². The van der Waals surface area contributed by atoms with E-state index in [0.717, 1.165) is 4.47 Å². The SMILES string of the molecule is COC(C)Oc1ccc(Br)cn1. The molecule has 1 aromatic rings. The van der Waals surface area contributed by atoms with Gasteiger partial charge in [0.15, 0.2) is 6.29 Å². The molecule has 1 rings (SSSR count). The van der Waals surface area contributed by atoms with Crippen molar-refractivity contribution in [2.24, 2.45) is 0 Å². The summed E-state index contributed by atoms with van der Waals surface area (Å²) in [5.41, 5.74) is 0. The number of aromatic nitrogens is 1. The summed E-state index contributed by atoms with van der Waals surface area (Å²) >= 11 is 3.28. The Morgan fingerprint density at radius 1 is 1.50 bits per heavy atom. The van der Waals surface area contributed by atoms with Crippen LogP contribution in [0.15, 0.2) is 22.8 Å². The van der Waals surface area contributed by atoms with Crippen LogP contribution in [-0.2, 0) is 4.74 Å². The predicted octanol–water partition coefficient (Wildman–Crippen LogP) is 2.22. The van der Waals surface area contributed by atoms with Crippen molar-refractivity contribution in [2.45, 2.75) is 13.2 Å². The van der Waals surface area contributed by atoms with E-state index in [-0.39, 0.29) is 6.29 Å². The highest BCUT2D eigenvalue weighted by molar-refractivity contribution is 9.10. The van der Waals surface area contributed by atoms with Gasteiger partial charge in [-0.25, -0.2) is 4.98 Å². The molecule has 4 heteroatoms. The van der Waals surface area contributed by atoms with Crippen molar-refractivity contribution in [3.8, 4) is 5.88 Å². The molecule has 1 heterocycles. The van der Waals surface area contributed by atoms with Gasteiger partial charge in [0.2, 0.25) is 5.88 Å². The maximum Gasteiger partial charge on any atom is 0.215 e. The Morgan fingerprint density at radius 3 is 2.75 bits per heavy atom. The van der Waals surface area contributed by atoms with Crippen molar-refractivity contribution >= 4 is 15.9 Å². The number of nitrogens with zero attached hydrogens (tertiary/aromatic N) is 1. The average molecular weight is 232 g/mol. The van der Waals surface area contributed by atoms with Crippen molar-refractivity contribution in [1.29, 1.82) is 0 Å². The van der Waals surface area contributed by atoms with Gasteiger partial charge in [-0.15, -0.1) is 0 Å². The minimum atomic E-state index is -0.265. The summed E-state index contributed by atoms with van der Waals surface area (Å²) in [5, 5.41) is 0. The van der Waals surface area contributed by atoms with Crippen LogP contribution in [0.3, 0.4) is 0 Å². The first kappa shape index (κ1) is 9.48. The molecular weight excluding hydrogens is 222 g/mol. The molecule has 0 amide bonds. The molecule has 0 N–H and O–H groups in total. The van der Waals surface area contributed by atoms with Crippen LogP contribution >= 0.6 is 15.9 Å². The highest BCUT2D eigenvalue weighted by Gasteiger charge is 2.01. The first-order valence-corrected chi connectivity index (χ1v) is 4.32. The second-order valence-corrected chi connectivity index (χ2v) is 3.15. The number of methoxy groups -OCH3 is 1. The van der Waals surface area contributed by atoms with E-state index in [2.05, 4.69) is 20.9 Å². The third-order valence-electron chi connectivity index (χ3n) is 1.32. The summed E-state index contributed by atoms with van der Waals surface area (Å²) in [6, 6.07) is 3.64. The fraction of sp³-hybridized carbons (Fsp3) is 0.375. The predicted molar refractivity (Wildman–Crippen MR) is 49.0 cm³/mol. The number of hydrogen-bond donors (Lipinski definition) is 0. The topological polar surface area (TPSA) is 31.4 Å². The van der Waals surface area contributed by atoms with E-state index >= 15 is 0 Å². The molecule has 1 aromatic heterocycles. The monoisotopic (exact) mass is 231 g/mol. The van der Waals surface area contributed by atoms with E-state index in [1.807, 2.05) is 13.0 Å².